The maximum Gasteiger partial charge on any atom is 0.137 e. The highest BCUT2D eigenvalue weighted by molar-refractivity contribution is 5.79. The zero-order valence-electron chi connectivity index (χ0n) is 7.14. The van der Waals surface area contributed by atoms with E-state index < -0.39 is 0 Å². The molecular weight excluding hydrogens is 140 g/mol. The summed E-state index contributed by atoms with van der Waals surface area (Å²) in [6, 6.07) is 0. The molecule has 2 fully saturated rings. The van der Waals surface area contributed by atoms with Crippen molar-refractivity contribution in [1.29, 1.82) is 0 Å². The Morgan fingerprint density at radius 2 is 2.00 bits per heavy atom. The fourth-order valence-electron chi connectivity index (χ4n) is 0.856. The zero-order valence-corrected chi connectivity index (χ0v) is 7.14. The van der Waals surface area contributed by atoms with Crippen molar-refractivity contribution in [3.8, 4) is 0 Å². The van der Waals surface area contributed by atoms with Gasteiger partial charge in [0.25, 0.3) is 0 Å². The van der Waals surface area contributed by atoms with Crippen LogP contribution in [-0.2, 0) is 9.53 Å². The second-order valence-corrected chi connectivity index (χ2v) is 3.23. The first-order valence-corrected chi connectivity index (χ1v) is 4.42. The summed E-state index contributed by atoms with van der Waals surface area (Å²) in [5.41, 5.74) is 0. The molecule has 11 heavy (non-hydrogen) atoms. The van der Waals surface area contributed by atoms with E-state index in [9.17, 15) is 4.79 Å². The Morgan fingerprint density at radius 3 is 2.27 bits per heavy atom. The summed E-state index contributed by atoms with van der Waals surface area (Å²) in [4.78, 5) is 10.6. The van der Waals surface area contributed by atoms with E-state index in [2.05, 4.69) is 0 Å². The van der Waals surface area contributed by atoms with E-state index in [0.29, 0.717) is 25.2 Å². The molecular formula is C9H16O2. The molecule has 0 bridgehead atoms. The molecule has 1 saturated heterocycles. The van der Waals surface area contributed by atoms with Crippen LogP contribution in [0.2, 0.25) is 0 Å². The summed E-state index contributed by atoms with van der Waals surface area (Å²) in [5, 5.41) is 0. The van der Waals surface area contributed by atoms with Gasteiger partial charge in [0.1, 0.15) is 5.78 Å². The highest BCUT2D eigenvalue weighted by Gasteiger charge is 2.14. The van der Waals surface area contributed by atoms with Crippen LogP contribution >= 0.6 is 0 Å². The van der Waals surface area contributed by atoms with E-state index >= 15 is 0 Å². The number of ketones is 1. The molecule has 0 amide bonds. The van der Waals surface area contributed by atoms with Crippen molar-refractivity contribution in [3.63, 3.8) is 0 Å². The van der Waals surface area contributed by atoms with Gasteiger partial charge in [0.2, 0.25) is 0 Å². The second kappa shape index (κ2) is 4.50. The van der Waals surface area contributed by atoms with Crippen LogP contribution in [0.25, 0.3) is 0 Å². The van der Waals surface area contributed by atoms with Crippen molar-refractivity contribution >= 4 is 5.78 Å². The first-order valence-electron chi connectivity index (χ1n) is 4.42. The molecule has 0 N–H and O–H groups in total. The van der Waals surface area contributed by atoms with Gasteiger partial charge in [0.05, 0.1) is 12.7 Å². The minimum atomic E-state index is 0.163. The van der Waals surface area contributed by atoms with E-state index in [0.717, 1.165) is 0 Å². The van der Waals surface area contributed by atoms with Crippen LogP contribution in [0.4, 0.5) is 0 Å². The SMILES string of the molecule is C1CC1.C[C@H]1CC(=O)CCO1. The molecule has 0 aromatic carbocycles. The Morgan fingerprint density at radius 1 is 1.36 bits per heavy atom. The Hall–Kier alpha value is -0.370. The topological polar surface area (TPSA) is 26.3 Å². The lowest BCUT2D eigenvalue weighted by Gasteiger charge is -2.16. The number of carbonyl (C=O) groups excluding carboxylic acids is 1. The van der Waals surface area contributed by atoms with Gasteiger partial charge in [0, 0.05) is 12.8 Å². The van der Waals surface area contributed by atoms with Gasteiger partial charge in [-0.25, -0.2) is 0 Å². The third kappa shape index (κ3) is 4.96. The highest BCUT2D eigenvalue weighted by atomic mass is 16.5. The predicted octanol–water partition coefficient (Wildman–Crippen LogP) is 1.92. The van der Waals surface area contributed by atoms with Crippen LogP contribution in [0.3, 0.4) is 0 Å². The van der Waals surface area contributed by atoms with Crippen LogP contribution in [0.15, 0.2) is 0 Å². The van der Waals surface area contributed by atoms with Gasteiger partial charge in [-0.1, -0.05) is 19.3 Å². The minimum absolute atomic E-state index is 0.163. The van der Waals surface area contributed by atoms with Gasteiger partial charge in [-0.2, -0.15) is 0 Å². The molecule has 0 spiro atoms. The molecule has 1 saturated carbocycles. The third-order valence-corrected chi connectivity index (χ3v) is 1.65. The van der Waals surface area contributed by atoms with Crippen molar-refractivity contribution in [2.45, 2.75) is 45.1 Å². The molecule has 0 radical (unpaired) electrons. The third-order valence-electron chi connectivity index (χ3n) is 1.65. The summed E-state index contributed by atoms with van der Waals surface area (Å²) in [7, 11) is 0. The first-order chi connectivity index (χ1) is 5.29. The van der Waals surface area contributed by atoms with Gasteiger partial charge < -0.3 is 4.74 Å². The normalized spacial score (nSPS) is 28.8. The molecule has 0 unspecified atom stereocenters. The number of Topliss-reactive ketones (excluding diaryl/α,β-unsaturated/α-hetero) is 1. The molecule has 1 heterocycles. The smallest absolute Gasteiger partial charge is 0.137 e. The van der Waals surface area contributed by atoms with Gasteiger partial charge >= 0.3 is 0 Å². The predicted molar refractivity (Wildman–Crippen MR) is 43.5 cm³/mol. The monoisotopic (exact) mass is 156 g/mol. The fourth-order valence-corrected chi connectivity index (χ4v) is 0.856. The largest absolute Gasteiger partial charge is 0.378 e. The average Bonchev–Trinajstić information content (AvgIpc) is 2.69. The Kier molecular flexibility index (Phi) is 3.57. The molecule has 2 aliphatic rings. The Labute approximate surface area is 67.9 Å². The molecule has 1 atom stereocenters. The molecule has 2 heteroatoms. The van der Waals surface area contributed by atoms with E-state index in [4.69, 9.17) is 4.74 Å². The number of rotatable bonds is 0. The number of hydrogen-bond acceptors (Lipinski definition) is 2. The minimum Gasteiger partial charge on any atom is -0.378 e. The lowest BCUT2D eigenvalue weighted by atomic mass is 10.1. The van der Waals surface area contributed by atoms with E-state index in [1.54, 1.807) is 0 Å². The van der Waals surface area contributed by atoms with E-state index in [-0.39, 0.29) is 6.10 Å². The van der Waals surface area contributed by atoms with Crippen molar-refractivity contribution in [3.05, 3.63) is 0 Å². The van der Waals surface area contributed by atoms with E-state index in [1.807, 2.05) is 6.92 Å². The van der Waals surface area contributed by atoms with Crippen LogP contribution in [0, 0.1) is 0 Å². The summed E-state index contributed by atoms with van der Waals surface area (Å²) in [6.45, 7) is 2.55. The average molecular weight is 156 g/mol. The van der Waals surface area contributed by atoms with Crippen molar-refractivity contribution < 1.29 is 9.53 Å². The van der Waals surface area contributed by atoms with Gasteiger partial charge in [0.15, 0.2) is 0 Å². The summed E-state index contributed by atoms with van der Waals surface area (Å²) in [5.74, 6) is 0.337. The standard InChI is InChI=1S/C6H10O2.C3H6/c1-5-4-6(7)2-3-8-5;1-2-3-1/h5H,2-4H2,1H3;1-3H2/t5-;/m0./s1. The lowest BCUT2D eigenvalue weighted by molar-refractivity contribution is -0.127. The molecule has 1 aliphatic carbocycles. The second-order valence-electron chi connectivity index (χ2n) is 3.23. The summed E-state index contributed by atoms with van der Waals surface area (Å²) in [6.07, 6.45) is 5.89. The molecule has 0 aromatic heterocycles. The molecule has 0 aromatic rings. The molecule has 64 valence electrons. The van der Waals surface area contributed by atoms with Crippen molar-refractivity contribution in [2.75, 3.05) is 6.61 Å². The molecule has 2 nitrogen and oxygen atoms in total. The maximum atomic E-state index is 10.6. The Balaban J connectivity index is 0.000000167. The lowest BCUT2D eigenvalue weighted by Crippen LogP contribution is -2.22. The molecule has 1 aliphatic heterocycles. The number of carbonyl (C=O) groups is 1. The van der Waals surface area contributed by atoms with Crippen LogP contribution < -0.4 is 0 Å². The van der Waals surface area contributed by atoms with Crippen molar-refractivity contribution in [1.82, 2.24) is 0 Å². The van der Waals surface area contributed by atoms with Crippen LogP contribution in [0.5, 0.6) is 0 Å². The Bertz CT molecular complexity index is 127. The van der Waals surface area contributed by atoms with Gasteiger partial charge in [-0.15, -0.1) is 0 Å². The zero-order chi connectivity index (χ0) is 8.10. The quantitative estimate of drug-likeness (QED) is 0.535. The van der Waals surface area contributed by atoms with Crippen molar-refractivity contribution in [2.24, 2.45) is 0 Å². The number of hydrogen-bond donors (Lipinski definition) is 0. The maximum absolute atomic E-state index is 10.6. The number of ether oxygens (including phenoxy) is 1. The van der Waals surface area contributed by atoms with Gasteiger partial charge in [-0.05, 0) is 6.92 Å². The molecule has 2 rings (SSSR count). The van der Waals surface area contributed by atoms with Crippen LogP contribution in [0.1, 0.15) is 39.0 Å². The van der Waals surface area contributed by atoms with E-state index in [1.165, 1.54) is 19.3 Å². The summed E-state index contributed by atoms with van der Waals surface area (Å²) < 4.78 is 5.13. The first kappa shape index (κ1) is 8.72. The fraction of sp³-hybridized carbons (Fsp3) is 0.889. The van der Waals surface area contributed by atoms with Crippen LogP contribution in [-0.4, -0.2) is 18.5 Å². The van der Waals surface area contributed by atoms with Gasteiger partial charge in [-0.3, -0.25) is 4.79 Å². The highest BCUT2D eigenvalue weighted by Crippen LogP contribution is 2.14. The summed E-state index contributed by atoms with van der Waals surface area (Å²) >= 11 is 0.